The zero-order valence-corrected chi connectivity index (χ0v) is 10.7. The molecule has 0 saturated carbocycles. The van der Waals surface area contributed by atoms with E-state index in [-0.39, 0.29) is 5.69 Å². The molecular formula is C12H13F3N2S. The third-order valence-corrected chi connectivity index (χ3v) is 3.73. The summed E-state index contributed by atoms with van der Waals surface area (Å²) in [5.74, 6) is -3.10. The first kappa shape index (κ1) is 13.3. The fourth-order valence-corrected chi connectivity index (χ4v) is 2.86. The molecule has 6 heteroatoms. The number of aliphatic imine (C=N–C) groups is 1. The van der Waals surface area contributed by atoms with E-state index >= 15 is 0 Å². The summed E-state index contributed by atoms with van der Waals surface area (Å²) in [6, 6.07) is 1.44. The van der Waals surface area contributed by atoms with Crippen LogP contribution in [-0.4, -0.2) is 17.0 Å². The molecule has 0 aliphatic carbocycles. The fourth-order valence-electron chi connectivity index (χ4n) is 1.72. The van der Waals surface area contributed by atoms with Crippen molar-refractivity contribution in [1.82, 2.24) is 0 Å². The lowest BCUT2D eigenvalue weighted by Crippen LogP contribution is -2.09. The molecule has 0 spiro atoms. The van der Waals surface area contributed by atoms with E-state index in [9.17, 15) is 13.2 Å². The normalized spacial score (nSPS) is 18.9. The fraction of sp³-hybridized carbons (Fsp3) is 0.417. The highest BCUT2D eigenvalue weighted by molar-refractivity contribution is 8.15. The van der Waals surface area contributed by atoms with Crippen molar-refractivity contribution >= 4 is 22.6 Å². The third kappa shape index (κ3) is 2.98. The maximum Gasteiger partial charge on any atom is 0.182 e. The molecule has 2 rings (SSSR count). The predicted octanol–water partition coefficient (Wildman–Crippen LogP) is 3.79. The topological polar surface area (TPSA) is 24.4 Å². The smallest absolute Gasteiger partial charge is 0.182 e. The van der Waals surface area contributed by atoms with Gasteiger partial charge in [0.05, 0.1) is 12.2 Å². The Bertz CT molecular complexity index is 477. The second kappa shape index (κ2) is 5.65. The number of thioether (sulfide) groups is 1. The Hall–Kier alpha value is -1.17. The van der Waals surface area contributed by atoms with Crippen LogP contribution in [0.2, 0.25) is 0 Å². The van der Waals surface area contributed by atoms with E-state index in [0.29, 0.717) is 23.0 Å². The van der Waals surface area contributed by atoms with E-state index < -0.39 is 17.5 Å². The van der Waals surface area contributed by atoms with Gasteiger partial charge in [0.1, 0.15) is 5.82 Å². The number of hydrogen-bond acceptors (Lipinski definition) is 3. The van der Waals surface area contributed by atoms with Crippen LogP contribution in [-0.2, 0) is 0 Å². The third-order valence-electron chi connectivity index (χ3n) is 2.56. The minimum absolute atomic E-state index is 0.212. The summed E-state index contributed by atoms with van der Waals surface area (Å²) in [4.78, 5) is 4.19. The van der Waals surface area contributed by atoms with Crippen molar-refractivity contribution in [3.05, 3.63) is 29.6 Å². The number of hydrogen-bond donors (Lipinski definition) is 1. The molecule has 0 fully saturated rings. The van der Waals surface area contributed by atoms with E-state index in [4.69, 9.17) is 0 Å². The van der Waals surface area contributed by atoms with Crippen molar-refractivity contribution in [3.8, 4) is 0 Å². The van der Waals surface area contributed by atoms with Gasteiger partial charge in [0.15, 0.2) is 16.8 Å². The van der Waals surface area contributed by atoms with Crippen LogP contribution >= 0.6 is 11.8 Å². The first-order valence-electron chi connectivity index (χ1n) is 5.72. The molecule has 1 aromatic rings. The van der Waals surface area contributed by atoms with Gasteiger partial charge in [0.2, 0.25) is 0 Å². The lowest BCUT2D eigenvalue weighted by Gasteiger charge is -2.09. The maximum atomic E-state index is 13.4. The largest absolute Gasteiger partial charge is 0.332 e. The van der Waals surface area contributed by atoms with Crippen LogP contribution in [0.5, 0.6) is 0 Å². The van der Waals surface area contributed by atoms with E-state index in [1.54, 1.807) is 0 Å². The molecule has 0 amide bonds. The monoisotopic (exact) mass is 274 g/mol. The molecule has 1 N–H and O–H groups in total. The predicted molar refractivity (Wildman–Crippen MR) is 68.5 cm³/mol. The van der Waals surface area contributed by atoms with Gasteiger partial charge in [-0.15, -0.1) is 0 Å². The average molecular weight is 274 g/mol. The molecule has 1 aliphatic rings. The van der Waals surface area contributed by atoms with Crippen LogP contribution in [0.15, 0.2) is 17.1 Å². The zero-order chi connectivity index (χ0) is 13.1. The molecule has 1 heterocycles. The standard InChI is InChI=1S/C12H13F3N2S/c1-2-3-8-6-16-12(18-8)17-10-5-7(13)4-9(14)11(10)15/h4-5,8H,2-3,6H2,1H3,(H,16,17). The number of nitrogens with zero attached hydrogens (tertiary/aromatic N) is 1. The lowest BCUT2D eigenvalue weighted by molar-refractivity contribution is 0.498. The van der Waals surface area contributed by atoms with Gasteiger partial charge >= 0.3 is 0 Å². The molecule has 1 unspecified atom stereocenters. The SMILES string of the molecule is CCCC1CN=C(Nc2cc(F)cc(F)c2F)S1. The Kier molecular flexibility index (Phi) is 4.16. The molecule has 0 aromatic heterocycles. The summed E-state index contributed by atoms with van der Waals surface area (Å²) < 4.78 is 39.4. The van der Waals surface area contributed by atoms with Crippen molar-refractivity contribution in [3.63, 3.8) is 0 Å². The number of halogens is 3. The second-order valence-electron chi connectivity index (χ2n) is 4.05. The highest BCUT2D eigenvalue weighted by Crippen LogP contribution is 2.27. The number of amidine groups is 1. The highest BCUT2D eigenvalue weighted by Gasteiger charge is 2.20. The highest BCUT2D eigenvalue weighted by atomic mass is 32.2. The summed E-state index contributed by atoms with van der Waals surface area (Å²) in [7, 11) is 0. The van der Waals surface area contributed by atoms with Crippen LogP contribution in [0, 0.1) is 17.5 Å². The van der Waals surface area contributed by atoms with Gasteiger partial charge in [-0.1, -0.05) is 25.1 Å². The van der Waals surface area contributed by atoms with Gasteiger partial charge in [-0.2, -0.15) is 0 Å². The van der Waals surface area contributed by atoms with Crippen molar-refractivity contribution in [2.24, 2.45) is 4.99 Å². The van der Waals surface area contributed by atoms with Crippen molar-refractivity contribution in [1.29, 1.82) is 0 Å². The van der Waals surface area contributed by atoms with Gasteiger partial charge in [-0.05, 0) is 6.42 Å². The average Bonchev–Trinajstić information content (AvgIpc) is 2.73. The van der Waals surface area contributed by atoms with Crippen molar-refractivity contribution in [2.75, 3.05) is 11.9 Å². The summed E-state index contributed by atoms with van der Waals surface area (Å²) in [5.41, 5.74) is -0.212. The molecule has 98 valence electrons. The van der Waals surface area contributed by atoms with Crippen LogP contribution < -0.4 is 5.32 Å². The molecule has 0 bridgehead atoms. The molecule has 2 nitrogen and oxygen atoms in total. The number of benzene rings is 1. The maximum absolute atomic E-state index is 13.4. The molecule has 0 radical (unpaired) electrons. The van der Waals surface area contributed by atoms with E-state index in [1.807, 2.05) is 0 Å². The minimum atomic E-state index is -1.20. The summed E-state index contributed by atoms with van der Waals surface area (Å²) >= 11 is 1.48. The zero-order valence-electron chi connectivity index (χ0n) is 9.84. The lowest BCUT2D eigenvalue weighted by atomic mass is 10.2. The molecule has 0 saturated heterocycles. The summed E-state index contributed by atoms with van der Waals surface area (Å²) in [6.07, 6.45) is 2.06. The first-order chi connectivity index (χ1) is 8.60. The summed E-state index contributed by atoms with van der Waals surface area (Å²) in [5, 5.41) is 3.51. The van der Waals surface area contributed by atoms with Crippen molar-refractivity contribution < 1.29 is 13.2 Å². The number of nitrogens with one attached hydrogen (secondary N) is 1. The van der Waals surface area contributed by atoms with Crippen molar-refractivity contribution in [2.45, 2.75) is 25.0 Å². The molecular weight excluding hydrogens is 261 g/mol. The van der Waals surface area contributed by atoms with Gasteiger partial charge < -0.3 is 5.32 Å². The number of anilines is 1. The number of rotatable bonds is 3. The van der Waals surface area contributed by atoms with Crippen LogP contribution in [0.4, 0.5) is 18.9 Å². The van der Waals surface area contributed by atoms with Crippen LogP contribution in [0.1, 0.15) is 19.8 Å². The molecule has 1 aromatic carbocycles. The molecule has 18 heavy (non-hydrogen) atoms. The molecule has 1 atom stereocenters. The second-order valence-corrected chi connectivity index (χ2v) is 5.34. The Morgan fingerprint density at radius 3 is 2.89 bits per heavy atom. The molecule has 1 aliphatic heterocycles. The van der Waals surface area contributed by atoms with E-state index in [0.717, 1.165) is 18.9 Å². The van der Waals surface area contributed by atoms with Gasteiger partial charge in [-0.25, -0.2) is 13.2 Å². The Balaban J connectivity index is 2.07. The Morgan fingerprint density at radius 1 is 1.39 bits per heavy atom. The van der Waals surface area contributed by atoms with E-state index in [2.05, 4.69) is 17.2 Å². The Morgan fingerprint density at radius 2 is 2.17 bits per heavy atom. The van der Waals surface area contributed by atoms with Crippen LogP contribution in [0.25, 0.3) is 0 Å². The Labute approximate surface area is 108 Å². The van der Waals surface area contributed by atoms with Gasteiger partial charge in [-0.3, -0.25) is 4.99 Å². The van der Waals surface area contributed by atoms with Gasteiger partial charge in [0.25, 0.3) is 0 Å². The minimum Gasteiger partial charge on any atom is -0.332 e. The first-order valence-corrected chi connectivity index (χ1v) is 6.60. The quantitative estimate of drug-likeness (QED) is 0.848. The van der Waals surface area contributed by atoms with Crippen LogP contribution in [0.3, 0.4) is 0 Å². The van der Waals surface area contributed by atoms with Gasteiger partial charge in [0, 0.05) is 17.4 Å². The summed E-state index contributed by atoms with van der Waals surface area (Å²) in [6.45, 7) is 2.73. The van der Waals surface area contributed by atoms with E-state index in [1.165, 1.54) is 11.8 Å².